The topological polar surface area (TPSA) is 33.7 Å². The Hall–Kier alpha value is -2.45. The lowest BCUT2D eigenvalue weighted by Crippen LogP contribution is -2.46. The number of piperazine rings is 1. The maximum absolute atomic E-state index is 13.5. The highest BCUT2D eigenvalue weighted by Gasteiger charge is 2.36. The number of rotatable bonds is 7. The van der Waals surface area contributed by atoms with Crippen molar-refractivity contribution in [2.45, 2.75) is 18.6 Å². The summed E-state index contributed by atoms with van der Waals surface area (Å²) in [5.74, 6) is 2.01. The van der Waals surface area contributed by atoms with Crippen LogP contribution in [-0.2, 0) is 0 Å². The zero-order valence-corrected chi connectivity index (χ0v) is 20.0. The van der Waals surface area contributed by atoms with Gasteiger partial charge in [-0.05, 0) is 42.0 Å². The van der Waals surface area contributed by atoms with Crippen molar-refractivity contribution in [3.05, 3.63) is 84.4 Å². The Morgan fingerprint density at radius 1 is 0.765 bits per heavy atom. The second-order valence-electron chi connectivity index (χ2n) is 7.66. The lowest BCUT2D eigenvalue weighted by Gasteiger charge is -2.36. The van der Waals surface area contributed by atoms with Crippen LogP contribution in [0.25, 0.3) is 0 Å². The predicted molar refractivity (Wildman–Crippen MR) is 132 cm³/mol. The SMILES string of the molecule is Cl.Cl.FC(F)(F)C[C@@H](c1ccc(Oc2ccccc2)c(Oc2ccccc2)c1)N1CCNCC1. The molecule has 4 nitrogen and oxygen atoms in total. The molecule has 1 heterocycles. The maximum atomic E-state index is 13.5. The fourth-order valence-electron chi connectivity index (χ4n) is 3.80. The lowest BCUT2D eigenvalue weighted by molar-refractivity contribution is -0.148. The highest BCUT2D eigenvalue weighted by Crippen LogP contribution is 2.40. The molecule has 1 saturated heterocycles. The number of alkyl halides is 3. The molecule has 3 aromatic carbocycles. The van der Waals surface area contributed by atoms with Gasteiger partial charge in [0.05, 0.1) is 6.42 Å². The van der Waals surface area contributed by atoms with Crippen molar-refractivity contribution in [1.82, 2.24) is 10.2 Å². The second-order valence-corrected chi connectivity index (χ2v) is 7.66. The molecule has 1 aliphatic rings. The van der Waals surface area contributed by atoms with E-state index in [9.17, 15) is 13.2 Å². The van der Waals surface area contributed by atoms with Gasteiger partial charge in [0.15, 0.2) is 11.5 Å². The fraction of sp³-hybridized carbons (Fsp3) is 0.280. The van der Waals surface area contributed by atoms with Crippen LogP contribution in [0.15, 0.2) is 78.9 Å². The molecule has 0 unspecified atom stereocenters. The van der Waals surface area contributed by atoms with Gasteiger partial charge in [-0.3, -0.25) is 4.90 Å². The van der Waals surface area contributed by atoms with Crippen LogP contribution in [0.1, 0.15) is 18.0 Å². The Bertz CT molecular complexity index is 1000. The van der Waals surface area contributed by atoms with E-state index in [0.717, 1.165) is 0 Å². The molecule has 0 amide bonds. The zero-order chi connectivity index (χ0) is 22.4. The number of nitrogens with one attached hydrogen (secondary N) is 1. The van der Waals surface area contributed by atoms with Gasteiger partial charge in [-0.15, -0.1) is 24.8 Å². The Morgan fingerprint density at radius 3 is 1.82 bits per heavy atom. The van der Waals surface area contributed by atoms with E-state index in [2.05, 4.69) is 5.32 Å². The van der Waals surface area contributed by atoms with Crippen molar-refractivity contribution in [3.63, 3.8) is 0 Å². The Kier molecular flexibility index (Phi) is 10.5. The van der Waals surface area contributed by atoms with E-state index in [1.54, 1.807) is 30.3 Å². The third-order valence-corrected chi connectivity index (χ3v) is 5.31. The summed E-state index contributed by atoms with van der Waals surface area (Å²) in [5.41, 5.74) is 0.551. The van der Waals surface area contributed by atoms with Crippen LogP contribution in [0.2, 0.25) is 0 Å². The van der Waals surface area contributed by atoms with Gasteiger partial charge >= 0.3 is 6.18 Å². The summed E-state index contributed by atoms with van der Waals surface area (Å²) < 4.78 is 52.4. The Labute approximate surface area is 209 Å². The van der Waals surface area contributed by atoms with E-state index in [1.165, 1.54) is 0 Å². The maximum Gasteiger partial charge on any atom is 0.390 e. The normalized spacial score (nSPS) is 14.9. The van der Waals surface area contributed by atoms with Crippen LogP contribution in [0.3, 0.4) is 0 Å². The highest BCUT2D eigenvalue weighted by atomic mass is 35.5. The molecule has 0 aromatic heterocycles. The summed E-state index contributed by atoms with van der Waals surface area (Å²) in [6.07, 6.45) is -5.20. The van der Waals surface area contributed by atoms with Crippen molar-refractivity contribution in [1.29, 1.82) is 0 Å². The van der Waals surface area contributed by atoms with Gasteiger partial charge in [0, 0.05) is 32.2 Å². The summed E-state index contributed by atoms with van der Waals surface area (Å²) >= 11 is 0. The molecule has 0 saturated carbocycles. The third kappa shape index (κ3) is 7.81. The van der Waals surface area contributed by atoms with E-state index in [0.29, 0.717) is 54.7 Å². The second kappa shape index (κ2) is 12.9. The molecule has 1 N–H and O–H groups in total. The van der Waals surface area contributed by atoms with E-state index >= 15 is 0 Å². The van der Waals surface area contributed by atoms with Crippen LogP contribution in [0, 0.1) is 0 Å². The molecule has 3 aromatic rings. The highest BCUT2D eigenvalue weighted by molar-refractivity contribution is 5.85. The van der Waals surface area contributed by atoms with Gasteiger partial charge in [-0.1, -0.05) is 42.5 Å². The standard InChI is InChI=1S/C25H25F3N2O2.2ClH/c26-25(27,28)18-22(30-15-13-29-14-16-30)19-11-12-23(31-20-7-3-1-4-8-20)24(17-19)32-21-9-5-2-6-10-21;;/h1-12,17,22,29H,13-16,18H2;2*1H/t22-;;/m0../s1. The van der Waals surface area contributed by atoms with E-state index in [1.807, 2.05) is 53.4 Å². The van der Waals surface area contributed by atoms with Gasteiger partial charge in [0.1, 0.15) is 11.5 Å². The summed E-state index contributed by atoms with van der Waals surface area (Å²) in [7, 11) is 0. The van der Waals surface area contributed by atoms with E-state index < -0.39 is 18.6 Å². The van der Waals surface area contributed by atoms with Crippen LogP contribution in [0.4, 0.5) is 13.2 Å². The van der Waals surface area contributed by atoms with Crippen LogP contribution in [0.5, 0.6) is 23.0 Å². The lowest BCUT2D eigenvalue weighted by atomic mass is 10.00. The number of nitrogens with zero attached hydrogens (tertiary/aromatic N) is 1. The van der Waals surface area contributed by atoms with Gasteiger partial charge in [-0.2, -0.15) is 13.2 Å². The molecule has 184 valence electrons. The summed E-state index contributed by atoms with van der Waals surface area (Å²) in [6.45, 7) is 2.43. The molecule has 1 fully saturated rings. The number of para-hydroxylation sites is 2. The molecule has 0 radical (unpaired) electrons. The molecule has 1 aliphatic heterocycles. The first kappa shape index (κ1) is 27.8. The van der Waals surface area contributed by atoms with Crippen molar-refractivity contribution >= 4 is 24.8 Å². The molecular formula is C25H27Cl2F3N2O2. The monoisotopic (exact) mass is 514 g/mol. The van der Waals surface area contributed by atoms with Gasteiger partial charge in [-0.25, -0.2) is 0 Å². The molecule has 0 aliphatic carbocycles. The molecule has 9 heteroatoms. The molecule has 4 rings (SSSR count). The van der Waals surface area contributed by atoms with E-state index in [4.69, 9.17) is 9.47 Å². The van der Waals surface area contributed by atoms with Crippen LogP contribution in [-0.4, -0.2) is 37.3 Å². The minimum Gasteiger partial charge on any atom is -0.453 e. The minimum absolute atomic E-state index is 0. The fourth-order valence-corrected chi connectivity index (χ4v) is 3.80. The van der Waals surface area contributed by atoms with Crippen molar-refractivity contribution in [2.24, 2.45) is 0 Å². The number of hydrogen-bond acceptors (Lipinski definition) is 4. The van der Waals surface area contributed by atoms with Crippen molar-refractivity contribution < 1.29 is 22.6 Å². The molecule has 1 atom stereocenters. The van der Waals surface area contributed by atoms with Crippen molar-refractivity contribution in [2.75, 3.05) is 26.2 Å². The first-order chi connectivity index (χ1) is 15.5. The predicted octanol–water partition coefficient (Wildman–Crippen LogP) is 7.01. The van der Waals surface area contributed by atoms with Gasteiger partial charge < -0.3 is 14.8 Å². The van der Waals surface area contributed by atoms with E-state index in [-0.39, 0.29) is 24.8 Å². The third-order valence-electron chi connectivity index (χ3n) is 5.31. The number of halogens is 5. The van der Waals surface area contributed by atoms with Gasteiger partial charge in [0.25, 0.3) is 0 Å². The van der Waals surface area contributed by atoms with Gasteiger partial charge in [0.2, 0.25) is 0 Å². The largest absolute Gasteiger partial charge is 0.453 e. The summed E-state index contributed by atoms with van der Waals surface area (Å²) in [6, 6.07) is 22.6. The van der Waals surface area contributed by atoms with Crippen molar-refractivity contribution in [3.8, 4) is 23.0 Å². The quantitative estimate of drug-likeness (QED) is 0.367. The first-order valence-electron chi connectivity index (χ1n) is 10.6. The average molecular weight is 515 g/mol. The number of ether oxygens (including phenoxy) is 2. The summed E-state index contributed by atoms with van der Waals surface area (Å²) in [4.78, 5) is 1.88. The minimum atomic E-state index is -4.28. The molecular weight excluding hydrogens is 488 g/mol. The number of hydrogen-bond donors (Lipinski definition) is 1. The summed E-state index contributed by atoms with van der Waals surface area (Å²) in [5, 5.41) is 3.20. The number of benzene rings is 3. The average Bonchev–Trinajstić information content (AvgIpc) is 2.80. The zero-order valence-electron chi connectivity index (χ0n) is 18.3. The first-order valence-corrected chi connectivity index (χ1v) is 10.6. The Morgan fingerprint density at radius 2 is 1.29 bits per heavy atom. The molecule has 0 spiro atoms. The smallest absolute Gasteiger partial charge is 0.390 e. The Balaban J connectivity index is 0.00000204. The van der Waals surface area contributed by atoms with Crippen LogP contribution < -0.4 is 14.8 Å². The molecule has 0 bridgehead atoms. The molecule has 34 heavy (non-hydrogen) atoms. The van der Waals surface area contributed by atoms with Crippen LogP contribution >= 0.6 is 24.8 Å².